The largest absolute Gasteiger partial charge is 0.375 e. The zero-order chi connectivity index (χ0) is 14.5. The van der Waals surface area contributed by atoms with Gasteiger partial charge in [0.05, 0.1) is 12.1 Å². The highest BCUT2D eigenvalue weighted by atomic mass is 19.1. The second-order valence-corrected chi connectivity index (χ2v) is 4.43. The minimum atomic E-state index is -0.675. The second kappa shape index (κ2) is 6.40. The summed E-state index contributed by atoms with van der Waals surface area (Å²) >= 11 is 0. The van der Waals surface area contributed by atoms with Crippen molar-refractivity contribution in [3.05, 3.63) is 42.2 Å². The lowest BCUT2D eigenvalue weighted by Crippen LogP contribution is -2.31. The molecule has 0 bridgehead atoms. The Bertz CT molecular complexity index is 544. The zero-order valence-electron chi connectivity index (χ0n) is 11.2. The van der Waals surface area contributed by atoms with Gasteiger partial charge in [-0.2, -0.15) is 0 Å². The summed E-state index contributed by atoms with van der Waals surface area (Å²) in [5.74, 6) is 0.235. The molecule has 0 aliphatic rings. The fraction of sp³-hybridized carbons (Fsp3) is 0.286. The van der Waals surface area contributed by atoms with Gasteiger partial charge in [-0.3, -0.25) is 0 Å². The van der Waals surface area contributed by atoms with Crippen molar-refractivity contribution in [2.75, 3.05) is 19.5 Å². The van der Waals surface area contributed by atoms with E-state index < -0.39 is 18.8 Å². The van der Waals surface area contributed by atoms with Crippen molar-refractivity contribution >= 4 is 5.95 Å². The van der Waals surface area contributed by atoms with Crippen LogP contribution < -0.4 is 11.5 Å². The number of nitrogens with two attached hydrogens (primary N) is 2. The predicted molar refractivity (Wildman–Crippen MR) is 75.6 cm³/mol. The molecule has 4 N–H and O–H groups in total. The van der Waals surface area contributed by atoms with E-state index in [-0.39, 0.29) is 5.95 Å². The van der Waals surface area contributed by atoms with E-state index in [1.807, 2.05) is 24.3 Å². The van der Waals surface area contributed by atoms with E-state index in [2.05, 4.69) is 9.97 Å². The third kappa shape index (κ3) is 3.09. The summed E-state index contributed by atoms with van der Waals surface area (Å²) in [5.41, 5.74) is 13.8. The number of halogens is 1. The molecule has 2 aromatic rings. The Balaban J connectivity index is 2.23. The maximum Gasteiger partial charge on any atom is 0.219 e. The Morgan fingerprint density at radius 1 is 1.15 bits per heavy atom. The Labute approximate surface area is 116 Å². The number of hydrogen-bond donors (Lipinski definition) is 2. The van der Waals surface area contributed by atoms with Crippen LogP contribution in [0.4, 0.5) is 10.3 Å². The summed E-state index contributed by atoms with van der Waals surface area (Å²) in [6.07, 6.45) is 2.84. The fourth-order valence-electron chi connectivity index (χ4n) is 1.99. The van der Waals surface area contributed by atoms with Gasteiger partial charge in [0.1, 0.15) is 6.67 Å². The molecule has 1 aromatic heterocycles. The van der Waals surface area contributed by atoms with Gasteiger partial charge in [0.25, 0.3) is 0 Å². The molecule has 0 radical (unpaired) electrons. The summed E-state index contributed by atoms with van der Waals surface area (Å²) in [4.78, 5) is 7.89. The van der Waals surface area contributed by atoms with Crippen LogP contribution >= 0.6 is 0 Å². The second-order valence-electron chi connectivity index (χ2n) is 4.43. The van der Waals surface area contributed by atoms with Gasteiger partial charge in [-0.05, 0) is 11.1 Å². The first kappa shape index (κ1) is 14.4. The average Bonchev–Trinajstić information content (AvgIpc) is 2.49. The lowest BCUT2D eigenvalue weighted by Gasteiger charge is -2.20. The van der Waals surface area contributed by atoms with E-state index in [0.717, 1.165) is 16.7 Å². The lowest BCUT2D eigenvalue weighted by molar-refractivity contribution is 0.0721. The van der Waals surface area contributed by atoms with E-state index in [0.29, 0.717) is 0 Å². The molecule has 0 aliphatic carbocycles. The Morgan fingerprint density at radius 3 is 2.25 bits per heavy atom. The molecule has 0 unspecified atom stereocenters. The van der Waals surface area contributed by atoms with Gasteiger partial charge in [0, 0.05) is 25.1 Å². The van der Waals surface area contributed by atoms with Crippen molar-refractivity contribution in [2.24, 2.45) is 5.73 Å². The topological polar surface area (TPSA) is 87.0 Å². The number of alkyl halides is 1. The van der Waals surface area contributed by atoms with E-state index in [1.165, 1.54) is 7.11 Å². The van der Waals surface area contributed by atoms with Crippen LogP contribution in [0.2, 0.25) is 0 Å². The molecule has 0 saturated carbocycles. The Morgan fingerprint density at radius 2 is 1.75 bits per heavy atom. The quantitative estimate of drug-likeness (QED) is 0.868. The SMILES string of the molecule is CO[C@H](c1ccc(-c2cnc(N)nc2)cc1)[C@H](N)CF. The predicted octanol–water partition coefficient (Wildman–Crippen LogP) is 1.71. The molecule has 6 heteroatoms. The number of methoxy groups -OCH3 is 1. The Kier molecular flexibility index (Phi) is 4.60. The molecule has 0 fully saturated rings. The molecule has 0 saturated heterocycles. The first-order valence-electron chi connectivity index (χ1n) is 6.18. The number of benzene rings is 1. The molecule has 0 amide bonds. The highest BCUT2D eigenvalue weighted by Crippen LogP contribution is 2.24. The number of nitrogens with zero attached hydrogens (tertiary/aromatic N) is 2. The highest BCUT2D eigenvalue weighted by Gasteiger charge is 2.19. The van der Waals surface area contributed by atoms with E-state index >= 15 is 0 Å². The zero-order valence-corrected chi connectivity index (χ0v) is 11.2. The highest BCUT2D eigenvalue weighted by molar-refractivity contribution is 5.62. The number of hydrogen-bond acceptors (Lipinski definition) is 5. The van der Waals surface area contributed by atoms with Crippen LogP contribution in [0.25, 0.3) is 11.1 Å². The van der Waals surface area contributed by atoms with Crippen LogP contribution in [0.3, 0.4) is 0 Å². The van der Waals surface area contributed by atoms with Gasteiger partial charge in [0.15, 0.2) is 0 Å². The summed E-state index contributed by atoms with van der Waals surface area (Å²) in [6, 6.07) is 6.82. The van der Waals surface area contributed by atoms with Crippen molar-refractivity contribution < 1.29 is 9.13 Å². The number of nitrogen functional groups attached to an aromatic ring is 1. The van der Waals surface area contributed by atoms with Gasteiger partial charge in [-0.25, -0.2) is 14.4 Å². The van der Waals surface area contributed by atoms with Gasteiger partial charge < -0.3 is 16.2 Å². The minimum Gasteiger partial charge on any atom is -0.375 e. The third-order valence-electron chi connectivity index (χ3n) is 3.07. The van der Waals surface area contributed by atoms with Crippen molar-refractivity contribution in [1.82, 2.24) is 9.97 Å². The van der Waals surface area contributed by atoms with Crippen LogP contribution in [0.1, 0.15) is 11.7 Å². The van der Waals surface area contributed by atoms with Gasteiger partial charge in [0.2, 0.25) is 5.95 Å². The van der Waals surface area contributed by atoms with Gasteiger partial charge in [-0.15, -0.1) is 0 Å². The molecule has 5 nitrogen and oxygen atoms in total. The van der Waals surface area contributed by atoms with Crippen LogP contribution in [0.15, 0.2) is 36.7 Å². The van der Waals surface area contributed by atoms with Crippen LogP contribution in [-0.4, -0.2) is 29.8 Å². The molecule has 0 aliphatic heterocycles. The number of rotatable bonds is 5. The van der Waals surface area contributed by atoms with Crippen molar-refractivity contribution in [3.8, 4) is 11.1 Å². The molecule has 2 rings (SSSR count). The van der Waals surface area contributed by atoms with Crippen LogP contribution in [0.5, 0.6) is 0 Å². The summed E-state index contributed by atoms with van der Waals surface area (Å²) in [6.45, 7) is -0.633. The monoisotopic (exact) mass is 276 g/mol. The lowest BCUT2D eigenvalue weighted by atomic mass is 10.0. The van der Waals surface area contributed by atoms with Gasteiger partial charge >= 0.3 is 0 Å². The summed E-state index contributed by atoms with van der Waals surface area (Å²) in [5, 5.41) is 0. The maximum atomic E-state index is 12.7. The average molecular weight is 276 g/mol. The molecule has 20 heavy (non-hydrogen) atoms. The molecule has 2 atom stereocenters. The van der Waals surface area contributed by atoms with Crippen LogP contribution in [0, 0.1) is 0 Å². The normalized spacial score (nSPS) is 13.9. The van der Waals surface area contributed by atoms with Gasteiger partial charge in [-0.1, -0.05) is 24.3 Å². The summed E-state index contributed by atoms with van der Waals surface area (Å²) < 4.78 is 17.9. The number of ether oxygens (including phenoxy) is 1. The molecular weight excluding hydrogens is 259 g/mol. The third-order valence-corrected chi connectivity index (χ3v) is 3.07. The van der Waals surface area contributed by atoms with Crippen molar-refractivity contribution in [3.63, 3.8) is 0 Å². The molecule has 106 valence electrons. The summed E-state index contributed by atoms with van der Waals surface area (Å²) in [7, 11) is 1.52. The number of aromatic nitrogens is 2. The smallest absolute Gasteiger partial charge is 0.219 e. The molecular formula is C14H17FN4O. The van der Waals surface area contributed by atoms with E-state index in [4.69, 9.17) is 16.2 Å². The van der Waals surface area contributed by atoms with Crippen molar-refractivity contribution in [2.45, 2.75) is 12.1 Å². The van der Waals surface area contributed by atoms with Crippen molar-refractivity contribution in [1.29, 1.82) is 0 Å². The minimum absolute atomic E-state index is 0.235. The number of anilines is 1. The van der Waals surface area contributed by atoms with E-state index in [9.17, 15) is 4.39 Å². The van der Waals surface area contributed by atoms with E-state index in [1.54, 1.807) is 12.4 Å². The standard InChI is InChI=1S/C14H17FN4O/c1-20-13(12(16)6-15)10-4-2-9(3-5-10)11-7-18-14(17)19-8-11/h2-5,7-8,12-13H,6,16H2,1H3,(H2,17,18,19)/t12-,13-/m1/s1. The maximum absolute atomic E-state index is 12.7. The Hall–Kier alpha value is -2.05. The first-order chi connectivity index (χ1) is 9.65. The molecule has 1 heterocycles. The molecule has 1 aromatic carbocycles. The first-order valence-corrected chi connectivity index (χ1v) is 6.18. The molecule has 0 spiro atoms. The van der Waals surface area contributed by atoms with Crippen LogP contribution in [-0.2, 0) is 4.74 Å². The fourth-order valence-corrected chi connectivity index (χ4v) is 1.99.